The lowest BCUT2D eigenvalue weighted by atomic mass is 10.1. The van der Waals surface area contributed by atoms with Gasteiger partial charge in [0.05, 0.1) is 0 Å². The van der Waals surface area contributed by atoms with Crippen molar-refractivity contribution in [3.8, 4) is 0 Å². The average molecular weight is 373 g/mol. The number of anilines is 1. The number of benzene rings is 1. The van der Waals surface area contributed by atoms with Gasteiger partial charge in [-0.2, -0.15) is 0 Å². The van der Waals surface area contributed by atoms with E-state index in [1.807, 2.05) is 24.3 Å². The highest BCUT2D eigenvalue weighted by molar-refractivity contribution is 6.30. The molecule has 2 N–H and O–H groups in total. The zero-order chi connectivity index (χ0) is 18.2. The molecule has 0 spiro atoms. The molecule has 0 atom stereocenters. The van der Waals surface area contributed by atoms with Crippen LogP contribution in [0.1, 0.15) is 54.6 Å². The lowest BCUT2D eigenvalue weighted by molar-refractivity contribution is 0.0949. The minimum Gasteiger partial charge on any atom is -0.351 e. The summed E-state index contributed by atoms with van der Waals surface area (Å²) in [6.07, 6.45) is 9.75. The van der Waals surface area contributed by atoms with Crippen LogP contribution in [-0.2, 0) is 6.42 Å². The third-order valence-corrected chi connectivity index (χ3v) is 4.94. The second-order valence-corrected chi connectivity index (χ2v) is 7.17. The first-order chi connectivity index (χ1) is 12.7. The van der Waals surface area contributed by atoms with E-state index in [9.17, 15) is 4.79 Å². The molecule has 0 saturated heterocycles. The molecule has 6 heteroatoms. The molecule has 1 aromatic heterocycles. The Labute approximate surface area is 159 Å². The zero-order valence-electron chi connectivity index (χ0n) is 14.9. The first kappa shape index (κ1) is 18.6. The minimum absolute atomic E-state index is 0.176. The smallest absolute Gasteiger partial charge is 0.270 e. The summed E-state index contributed by atoms with van der Waals surface area (Å²) in [5, 5.41) is 7.02. The van der Waals surface area contributed by atoms with Gasteiger partial charge in [-0.05, 0) is 43.0 Å². The summed E-state index contributed by atoms with van der Waals surface area (Å²) >= 11 is 5.88. The number of rotatable bonds is 6. The molecule has 3 rings (SSSR count). The fourth-order valence-corrected chi connectivity index (χ4v) is 3.35. The maximum absolute atomic E-state index is 12.3. The number of hydrogen-bond acceptors (Lipinski definition) is 4. The maximum atomic E-state index is 12.3. The average Bonchev–Trinajstić information content (AvgIpc) is 2.92. The van der Waals surface area contributed by atoms with E-state index in [2.05, 4.69) is 20.6 Å². The van der Waals surface area contributed by atoms with Crippen LogP contribution < -0.4 is 10.6 Å². The van der Waals surface area contributed by atoms with Crippen LogP contribution in [0.25, 0.3) is 0 Å². The quantitative estimate of drug-likeness (QED) is 0.744. The Kier molecular flexibility index (Phi) is 6.83. The first-order valence-corrected chi connectivity index (χ1v) is 9.71. The molecule has 0 unspecified atom stereocenters. The predicted octanol–water partition coefficient (Wildman–Crippen LogP) is 4.24. The van der Waals surface area contributed by atoms with Gasteiger partial charge in [0.1, 0.15) is 5.69 Å². The number of hydrogen-bond donors (Lipinski definition) is 2. The second-order valence-electron chi connectivity index (χ2n) is 6.73. The van der Waals surface area contributed by atoms with Crippen molar-refractivity contribution < 1.29 is 4.79 Å². The van der Waals surface area contributed by atoms with Crippen LogP contribution in [0.15, 0.2) is 36.5 Å². The third-order valence-electron chi connectivity index (χ3n) is 4.69. The van der Waals surface area contributed by atoms with Crippen LogP contribution in [0, 0.1) is 0 Å². The topological polar surface area (TPSA) is 66.9 Å². The maximum Gasteiger partial charge on any atom is 0.270 e. The van der Waals surface area contributed by atoms with Gasteiger partial charge in [0.25, 0.3) is 5.91 Å². The Hall–Kier alpha value is -2.14. The molecule has 26 heavy (non-hydrogen) atoms. The van der Waals surface area contributed by atoms with Gasteiger partial charge >= 0.3 is 0 Å². The van der Waals surface area contributed by atoms with Crippen LogP contribution in [-0.4, -0.2) is 28.5 Å². The van der Waals surface area contributed by atoms with E-state index in [-0.39, 0.29) is 5.91 Å². The van der Waals surface area contributed by atoms with Crippen LogP contribution in [0.3, 0.4) is 0 Å². The highest BCUT2D eigenvalue weighted by atomic mass is 35.5. The second kappa shape index (κ2) is 9.53. The Balaban J connectivity index is 1.51. The molecule has 1 fully saturated rings. The highest BCUT2D eigenvalue weighted by Gasteiger charge is 2.14. The molecular weight excluding hydrogens is 348 g/mol. The Bertz CT molecular complexity index is 712. The van der Waals surface area contributed by atoms with Crippen LogP contribution in [0.2, 0.25) is 5.02 Å². The molecule has 138 valence electrons. The predicted molar refractivity (Wildman–Crippen MR) is 105 cm³/mol. The van der Waals surface area contributed by atoms with Gasteiger partial charge in [-0.25, -0.2) is 9.97 Å². The molecule has 0 aliphatic heterocycles. The van der Waals surface area contributed by atoms with Crippen molar-refractivity contribution in [2.24, 2.45) is 0 Å². The summed E-state index contributed by atoms with van der Waals surface area (Å²) in [6.45, 7) is 0.551. The van der Waals surface area contributed by atoms with Crippen molar-refractivity contribution in [3.63, 3.8) is 0 Å². The highest BCUT2D eigenvalue weighted by Crippen LogP contribution is 2.19. The monoisotopic (exact) mass is 372 g/mol. The number of halogens is 1. The number of carbonyl (C=O) groups excluding carboxylic acids is 1. The summed E-state index contributed by atoms with van der Waals surface area (Å²) in [5.41, 5.74) is 1.53. The van der Waals surface area contributed by atoms with Crippen molar-refractivity contribution in [2.45, 2.75) is 51.0 Å². The van der Waals surface area contributed by atoms with E-state index in [1.165, 1.54) is 25.7 Å². The molecular formula is C20H25ClN4O. The van der Waals surface area contributed by atoms with Crippen molar-refractivity contribution in [2.75, 3.05) is 11.9 Å². The van der Waals surface area contributed by atoms with Crippen LogP contribution in [0.4, 0.5) is 5.95 Å². The van der Waals surface area contributed by atoms with Gasteiger partial charge in [-0.1, -0.05) is 49.4 Å². The number of carbonyl (C=O) groups is 1. The number of nitrogens with zero attached hydrogens (tertiary/aromatic N) is 2. The Morgan fingerprint density at radius 1 is 1.08 bits per heavy atom. The Morgan fingerprint density at radius 3 is 2.54 bits per heavy atom. The summed E-state index contributed by atoms with van der Waals surface area (Å²) in [7, 11) is 0. The molecule has 0 radical (unpaired) electrons. The van der Waals surface area contributed by atoms with Crippen LogP contribution >= 0.6 is 11.6 Å². The van der Waals surface area contributed by atoms with Gasteiger partial charge in [0, 0.05) is 23.8 Å². The summed E-state index contributed by atoms with van der Waals surface area (Å²) in [5.74, 6) is 0.368. The van der Waals surface area contributed by atoms with E-state index >= 15 is 0 Å². The lowest BCUT2D eigenvalue weighted by Gasteiger charge is -2.16. The summed E-state index contributed by atoms with van der Waals surface area (Å²) in [6, 6.07) is 9.70. The van der Waals surface area contributed by atoms with E-state index in [1.54, 1.807) is 12.3 Å². The van der Waals surface area contributed by atoms with E-state index < -0.39 is 0 Å². The SMILES string of the molecule is O=C(NCCc1ccc(Cl)cc1)c1ccnc(NC2CCCCCC2)n1. The zero-order valence-corrected chi connectivity index (χ0v) is 15.6. The molecule has 1 aliphatic rings. The molecule has 1 aromatic carbocycles. The minimum atomic E-state index is -0.176. The standard InChI is InChI=1S/C20H25ClN4O/c21-16-9-7-15(8-10-16)11-13-22-19(26)18-12-14-23-20(25-18)24-17-5-3-1-2-4-6-17/h7-10,12,14,17H,1-6,11,13H2,(H,22,26)(H,23,24,25). The van der Waals surface area contributed by atoms with Gasteiger partial charge < -0.3 is 10.6 Å². The molecule has 1 saturated carbocycles. The van der Waals surface area contributed by atoms with Crippen LogP contribution in [0.5, 0.6) is 0 Å². The molecule has 1 aliphatic carbocycles. The molecule has 0 bridgehead atoms. The van der Waals surface area contributed by atoms with Gasteiger partial charge in [-0.3, -0.25) is 4.79 Å². The van der Waals surface area contributed by atoms with E-state index in [0.29, 0.717) is 29.3 Å². The van der Waals surface area contributed by atoms with E-state index in [0.717, 1.165) is 24.8 Å². The van der Waals surface area contributed by atoms with Crippen molar-refractivity contribution in [3.05, 3.63) is 52.8 Å². The number of amides is 1. The molecule has 2 aromatic rings. The van der Waals surface area contributed by atoms with Crippen molar-refractivity contribution >= 4 is 23.5 Å². The summed E-state index contributed by atoms with van der Waals surface area (Å²) in [4.78, 5) is 21.0. The fourth-order valence-electron chi connectivity index (χ4n) is 3.22. The fraction of sp³-hybridized carbons (Fsp3) is 0.450. The molecule has 5 nitrogen and oxygen atoms in total. The largest absolute Gasteiger partial charge is 0.351 e. The lowest BCUT2D eigenvalue weighted by Crippen LogP contribution is -2.27. The Morgan fingerprint density at radius 2 is 1.81 bits per heavy atom. The third kappa shape index (κ3) is 5.70. The molecule has 1 heterocycles. The first-order valence-electron chi connectivity index (χ1n) is 9.33. The van der Waals surface area contributed by atoms with Crippen molar-refractivity contribution in [1.29, 1.82) is 0 Å². The number of aromatic nitrogens is 2. The van der Waals surface area contributed by atoms with Gasteiger partial charge in [-0.15, -0.1) is 0 Å². The van der Waals surface area contributed by atoms with Gasteiger partial charge in [0.15, 0.2) is 0 Å². The summed E-state index contributed by atoms with van der Waals surface area (Å²) < 4.78 is 0. The van der Waals surface area contributed by atoms with Crippen molar-refractivity contribution in [1.82, 2.24) is 15.3 Å². The normalized spacial score (nSPS) is 15.3. The van der Waals surface area contributed by atoms with Gasteiger partial charge in [0.2, 0.25) is 5.95 Å². The molecule has 1 amide bonds. The number of nitrogens with one attached hydrogen (secondary N) is 2. The van der Waals surface area contributed by atoms with E-state index in [4.69, 9.17) is 11.6 Å².